The summed E-state index contributed by atoms with van der Waals surface area (Å²) in [4.78, 5) is 0. The van der Waals surface area contributed by atoms with Crippen molar-refractivity contribution in [3.05, 3.63) is 36.7 Å². The van der Waals surface area contributed by atoms with E-state index >= 15 is 0 Å². The number of rotatable bonds is 6. The van der Waals surface area contributed by atoms with Gasteiger partial charge in [-0.2, -0.15) is 0 Å². The second-order valence-corrected chi connectivity index (χ2v) is 5.79. The van der Waals surface area contributed by atoms with Crippen LogP contribution in [0.5, 0.6) is 0 Å². The molecule has 0 bridgehead atoms. The third-order valence-corrected chi connectivity index (χ3v) is 3.04. The highest BCUT2D eigenvalue weighted by molar-refractivity contribution is 7.88. The number of hydrogen-bond acceptors (Lipinski definition) is 5. The summed E-state index contributed by atoms with van der Waals surface area (Å²) in [5.41, 5.74) is 0. The average Bonchev–Trinajstić information content (AvgIpc) is 2.88. The first kappa shape index (κ1) is 13.5. The SMILES string of the molecule is CS(=O)(=O)NCCNc1ccc(-n2cccc2)nn1. The summed E-state index contributed by atoms with van der Waals surface area (Å²) in [6.07, 6.45) is 4.89. The van der Waals surface area contributed by atoms with Gasteiger partial charge in [0.05, 0.1) is 6.26 Å². The Morgan fingerprint density at radius 2 is 1.89 bits per heavy atom. The number of sulfonamides is 1. The maximum Gasteiger partial charge on any atom is 0.208 e. The van der Waals surface area contributed by atoms with Crippen LogP contribution in [0, 0.1) is 0 Å². The molecule has 0 saturated carbocycles. The fraction of sp³-hybridized carbons (Fsp3) is 0.273. The van der Waals surface area contributed by atoms with Crippen molar-refractivity contribution in [2.45, 2.75) is 0 Å². The molecule has 0 unspecified atom stereocenters. The smallest absolute Gasteiger partial charge is 0.208 e. The molecule has 0 aromatic carbocycles. The zero-order valence-corrected chi connectivity index (χ0v) is 11.3. The number of hydrogen-bond donors (Lipinski definition) is 2. The van der Waals surface area contributed by atoms with E-state index in [1.807, 2.05) is 35.2 Å². The number of aromatic nitrogens is 3. The quantitative estimate of drug-likeness (QED) is 0.740. The highest BCUT2D eigenvalue weighted by Gasteiger charge is 2.01. The lowest BCUT2D eigenvalue weighted by Crippen LogP contribution is -2.27. The molecule has 0 spiro atoms. The Hall–Kier alpha value is -1.93. The summed E-state index contributed by atoms with van der Waals surface area (Å²) in [5, 5.41) is 11.0. The van der Waals surface area contributed by atoms with Gasteiger partial charge in [-0.15, -0.1) is 10.2 Å². The molecule has 2 N–H and O–H groups in total. The van der Waals surface area contributed by atoms with Gasteiger partial charge < -0.3 is 9.88 Å². The number of nitrogens with zero attached hydrogens (tertiary/aromatic N) is 3. The maximum absolute atomic E-state index is 10.8. The van der Waals surface area contributed by atoms with Gasteiger partial charge in [-0.1, -0.05) is 0 Å². The molecule has 2 aromatic heterocycles. The Labute approximate surface area is 111 Å². The molecule has 0 aliphatic heterocycles. The van der Waals surface area contributed by atoms with Crippen molar-refractivity contribution in [3.8, 4) is 5.82 Å². The van der Waals surface area contributed by atoms with Gasteiger partial charge in [0, 0.05) is 25.5 Å². The van der Waals surface area contributed by atoms with Crippen LogP contribution in [0.2, 0.25) is 0 Å². The minimum Gasteiger partial charge on any atom is -0.367 e. The fourth-order valence-corrected chi connectivity index (χ4v) is 1.94. The predicted octanol–water partition coefficient (Wildman–Crippen LogP) is 0.228. The van der Waals surface area contributed by atoms with Crippen molar-refractivity contribution in [1.29, 1.82) is 0 Å². The van der Waals surface area contributed by atoms with E-state index in [-0.39, 0.29) is 0 Å². The number of anilines is 1. The van der Waals surface area contributed by atoms with E-state index in [1.54, 1.807) is 6.07 Å². The molecule has 8 heteroatoms. The minimum atomic E-state index is -3.14. The Kier molecular flexibility index (Phi) is 4.13. The molecule has 0 fully saturated rings. The zero-order valence-electron chi connectivity index (χ0n) is 10.4. The molecule has 2 aromatic rings. The second-order valence-electron chi connectivity index (χ2n) is 3.96. The average molecular weight is 281 g/mol. The lowest BCUT2D eigenvalue weighted by Gasteiger charge is -2.06. The molecule has 0 saturated heterocycles. The fourth-order valence-electron chi connectivity index (χ4n) is 1.47. The van der Waals surface area contributed by atoms with E-state index in [2.05, 4.69) is 20.2 Å². The Bertz CT molecular complexity index is 607. The van der Waals surface area contributed by atoms with Crippen molar-refractivity contribution in [3.63, 3.8) is 0 Å². The highest BCUT2D eigenvalue weighted by atomic mass is 32.2. The van der Waals surface area contributed by atoms with Gasteiger partial charge in [-0.3, -0.25) is 0 Å². The van der Waals surface area contributed by atoms with Crippen LogP contribution in [0.3, 0.4) is 0 Å². The largest absolute Gasteiger partial charge is 0.367 e. The topological polar surface area (TPSA) is 88.9 Å². The van der Waals surface area contributed by atoms with Gasteiger partial charge in [0.25, 0.3) is 0 Å². The molecule has 2 rings (SSSR count). The summed E-state index contributed by atoms with van der Waals surface area (Å²) in [6.45, 7) is 0.754. The summed E-state index contributed by atoms with van der Waals surface area (Å²) in [7, 11) is -3.14. The van der Waals surface area contributed by atoms with Crippen molar-refractivity contribution in [1.82, 2.24) is 19.5 Å². The van der Waals surface area contributed by atoms with Gasteiger partial charge in [0.2, 0.25) is 10.0 Å². The summed E-state index contributed by atoms with van der Waals surface area (Å²) in [5.74, 6) is 1.33. The van der Waals surface area contributed by atoms with Crippen LogP contribution in [0.25, 0.3) is 5.82 Å². The van der Waals surface area contributed by atoms with E-state index in [0.717, 1.165) is 12.1 Å². The zero-order chi connectivity index (χ0) is 13.7. The summed E-state index contributed by atoms with van der Waals surface area (Å²) in [6, 6.07) is 7.44. The number of nitrogens with one attached hydrogen (secondary N) is 2. The van der Waals surface area contributed by atoms with Crippen molar-refractivity contribution >= 4 is 15.8 Å². The summed E-state index contributed by atoms with van der Waals surface area (Å²) < 4.78 is 25.9. The molecule has 2 heterocycles. The van der Waals surface area contributed by atoms with Crippen LogP contribution in [-0.4, -0.2) is 42.5 Å². The van der Waals surface area contributed by atoms with Crippen molar-refractivity contribution < 1.29 is 8.42 Å². The Balaban J connectivity index is 1.86. The first-order valence-electron chi connectivity index (χ1n) is 5.70. The summed E-state index contributed by atoms with van der Waals surface area (Å²) >= 11 is 0. The van der Waals surface area contributed by atoms with E-state index in [0.29, 0.717) is 18.9 Å². The lowest BCUT2D eigenvalue weighted by molar-refractivity contribution is 0.589. The molecule has 102 valence electrons. The third kappa shape index (κ3) is 4.34. The van der Waals surface area contributed by atoms with E-state index in [9.17, 15) is 8.42 Å². The molecule has 0 amide bonds. The normalized spacial score (nSPS) is 11.4. The van der Waals surface area contributed by atoms with E-state index < -0.39 is 10.0 Å². The molecule has 0 radical (unpaired) electrons. The molecule has 0 aliphatic rings. The highest BCUT2D eigenvalue weighted by Crippen LogP contribution is 2.06. The van der Waals surface area contributed by atoms with Gasteiger partial charge >= 0.3 is 0 Å². The van der Waals surface area contributed by atoms with E-state index in [1.165, 1.54) is 0 Å². The molecule has 0 atom stereocenters. The molecule has 19 heavy (non-hydrogen) atoms. The van der Waals surface area contributed by atoms with Crippen LogP contribution in [0.1, 0.15) is 0 Å². The van der Waals surface area contributed by atoms with E-state index in [4.69, 9.17) is 0 Å². The molecular weight excluding hydrogens is 266 g/mol. The lowest BCUT2D eigenvalue weighted by atomic mass is 10.5. The Morgan fingerprint density at radius 3 is 2.47 bits per heavy atom. The first-order valence-corrected chi connectivity index (χ1v) is 7.59. The molecule has 7 nitrogen and oxygen atoms in total. The minimum absolute atomic E-state index is 0.305. The second kappa shape index (κ2) is 5.81. The standard InChI is InChI=1S/C11H15N5O2S/c1-19(17,18)13-7-6-12-10-4-5-11(15-14-10)16-8-2-3-9-16/h2-5,8-9,13H,6-7H2,1H3,(H,12,14). The van der Waals surface area contributed by atoms with Crippen LogP contribution >= 0.6 is 0 Å². The van der Waals surface area contributed by atoms with Crippen LogP contribution in [-0.2, 0) is 10.0 Å². The van der Waals surface area contributed by atoms with Crippen molar-refractivity contribution in [2.24, 2.45) is 0 Å². The predicted molar refractivity (Wildman–Crippen MR) is 72.7 cm³/mol. The van der Waals surface area contributed by atoms with Crippen LogP contribution in [0.4, 0.5) is 5.82 Å². The van der Waals surface area contributed by atoms with Gasteiger partial charge in [0.15, 0.2) is 5.82 Å². The third-order valence-electron chi connectivity index (χ3n) is 2.31. The van der Waals surface area contributed by atoms with Crippen LogP contribution in [0.15, 0.2) is 36.7 Å². The first-order chi connectivity index (χ1) is 9.04. The molecular formula is C11H15N5O2S. The molecule has 0 aliphatic carbocycles. The van der Waals surface area contributed by atoms with Gasteiger partial charge in [-0.05, 0) is 24.3 Å². The van der Waals surface area contributed by atoms with Gasteiger partial charge in [0.1, 0.15) is 5.82 Å². The Morgan fingerprint density at radius 1 is 1.16 bits per heavy atom. The van der Waals surface area contributed by atoms with Gasteiger partial charge in [-0.25, -0.2) is 13.1 Å². The maximum atomic E-state index is 10.8. The van der Waals surface area contributed by atoms with Crippen molar-refractivity contribution in [2.75, 3.05) is 24.7 Å². The monoisotopic (exact) mass is 281 g/mol. The van der Waals surface area contributed by atoms with Crippen LogP contribution < -0.4 is 10.0 Å².